The van der Waals surface area contributed by atoms with Gasteiger partial charge in [-0.05, 0) is 37.5 Å². The number of rotatable bonds is 3. The third-order valence-corrected chi connectivity index (χ3v) is 4.74. The molecular weight excluding hydrogens is 350 g/mol. The number of aryl methyl sites for hydroxylation is 1. The average molecular weight is 370 g/mol. The summed E-state index contributed by atoms with van der Waals surface area (Å²) >= 11 is 6.30. The molecule has 7 heteroatoms. The highest BCUT2D eigenvalue weighted by Gasteiger charge is 2.16. The fraction of sp³-hybridized carbons (Fsp3) is 0.316. The first-order valence-electron chi connectivity index (χ1n) is 8.25. The van der Waals surface area contributed by atoms with E-state index >= 15 is 0 Å². The van der Waals surface area contributed by atoms with Crippen LogP contribution in [0.5, 0.6) is 0 Å². The number of nitrogen functional groups attached to an aromatic ring is 1. The van der Waals surface area contributed by atoms with Crippen molar-refractivity contribution in [2.24, 2.45) is 0 Å². The van der Waals surface area contributed by atoms with Gasteiger partial charge in [-0.2, -0.15) is 4.98 Å². The molecule has 0 unspecified atom stereocenters. The smallest absolute Gasteiger partial charge is 0.223 e. The van der Waals surface area contributed by atoms with Crippen molar-refractivity contribution in [2.75, 3.05) is 12.3 Å². The molecule has 0 aliphatic rings. The minimum Gasteiger partial charge on any atom is -0.395 e. The Hall–Kier alpha value is -2.62. The largest absolute Gasteiger partial charge is 0.395 e. The Kier molecular flexibility index (Phi) is 5.12. The molecule has 3 rings (SSSR count). The van der Waals surface area contributed by atoms with E-state index in [2.05, 4.69) is 40.6 Å². The molecule has 0 atom stereocenters. The van der Waals surface area contributed by atoms with Gasteiger partial charge in [-0.3, -0.25) is 4.98 Å². The van der Waals surface area contributed by atoms with E-state index in [0.717, 1.165) is 16.8 Å². The van der Waals surface area contributed by atoms with Crippen molar-refractivity contribution in [3.8, 4) is 11.8 Å². The molecular formula is C19H20ClN5O. The van der Waals surface area contributed by atoms with E-state index in [4.69, 9.17) is 22.4 Å². The van der Waals surface area contributed by atoms with E-state index in [1.54, 1.807) is 0 Å². The molecule has 0 aliphatic carbocycles. The van der Waals surface area contributed by atoms with Crippen LogP contribution in [0.1, 0.15) is 34.4 Å². The number of nitrogens with zero attached hydrogens (tertiary/aromatic N) is 4. The Labute approximate surface area is 157 Å². The minimum absolute atomic E-state index is 0.00851. The number of anilines is 1. The van der Waals surface area contributed by atoms with Crippen molar-refractivity contribution in [3.63, 3.8) is 0 Å². The lowest BCUT2D eigenvalue weighted by Crippen LogP contribution is -2.06. The predicted molar refractivity (Wildman–Crippen MR) is 103 cm³/mol. The van der Waals surface area contributed by atoms with E-state index in [0.29, 0.717) is 29.6 Å². The topological polar surface area (TPSA) is 89.8 Å². The Morgan fingerprint density at radius 3 is 2.73 bits per heavy atom. The van der Waals surface area contributed by atoms with E-state index in [1.807, 2.05) is 23.9 Å². The molecule has 0 aromatic carbocycles. The van der Waals surface area contributed by atoms with Crippen molar-refractivity contribution in [1.82, 2.24) is 19.5 Å². The zero-order chi connectivity index (χ0) is 18.8. The van der Waals surface area contributed by atoms with Gasteiger partial charge in [0.05, 0.1) is 29.8 Å². The summed E-state index contributed by atoms with van der Waals surface area (Å²) < 4.78 is 1.94. The number of aliphatic hydroxyl groups excluding tert-OH is 1. The highest BCUT2D eigenvalue weighted by molar-refractivity contribution is 6.34. The van der Waals surface area contributed by atoms with Gasteiger partial charge in [-0.25, -0.2) is 4.98 Å². The summed E-state index contributed by atoms with van der Waals surface area (Å²) in [6.07, 6.45) is 4.14. The number of halogens is 1. The normalized spacial score (nSPS) is 10.8. The maximum absolute atomic E-state index is 8.94. The molecule has 3 aromatic heterocycles. The van der Waals surface area contributed by atoms with Crippen molar-refractivity contribution in [3.05, 3.63) is 45.5 Å². The third-order valence-electron chi connectivity index (χ3n) is 4.47. The summed E-state index contributed by atoms with van der Waals surface area (Å²) in [4.78, 5) is 13.0. The molecule has 3 N–H and O–H groups in total. The second-order valence-corrected chi connectivity index (χ2v) is 6.51. The van der Waals surface area contributed by atoms with E-state index in [-0.39, 0.29) is 17.7 Å². The number of hydrogen-bond donors (Lipinski definition) is 2. The van der Waals surface area contributed by atoms with Crippen LogP contribution in [0.25, 0.3) is 11.0 Å². The molecule has 134 valence electrons. The number of fused-ring (bicyclic) bond motifs is 1. The molecule has 0 saturated heterocycles. The Morgan fingerprint density at radius 2 is 2.00 bits per heavy atom. The van der Waals surface area contributed by atoms with Gasteiger partial charge in [0.1, 0.15) is 10.8 Å². The van der Waals surface area contributed by atoms with Crippen LogP contribution in [-0.4, -0.2) is 31.2 Å². The molecule has 26 heavy (non-hydrogen) atoms. The zero-order valence-corrected chi connectivity index (χ0v) is 15.7. The average Bonchev–Trinajstić information content (AvgIpc) is 2.93. The van der Waals surface area contributed by atoms with Crippen LogP contribution < -0.4 is 5.73 Å². The number of pyridine rings is 1. The lowest BCUT2D eigenvalue weighted by molar-refractivity contribution is 0.305. The van der Waals surface area contributed by atoms with E-state index in [1.165, 1.54) is 5.56 Å². The lowest BCUT2D eigenvalue weighted by Gasteiger charge is -2.11. The summed E-state index contributed by atoms with van der Waals surface area (Å²) in [5.74, 6) is 6.06. The van der Waals surface area contributed by atoms with Crippen LogP contribution in [0.4, 0.5) is 5.95 Å². The summed E-state index contributed by atoms with van der Waals surface area (Å²) in [7, 11) is 0. The minimum atomic E-state index is 0.00851. The SMILES string of the molecule is Cc1cnc(Cn2cc(C#CCCO)c3c(Cl)nc(N)nc32)c(C)c1C. The van der Waals surface area contributed by atoms with Crippen molar-refractivity contribution in [1.29, 1.82) is 0 Å². The highest BCUT2D eigenvalue weighted by Crippen LogP contribution is 2.27. The second kappa shape index (κ2) is 7.32. The molecule has 0 aliphatic heterocycles. The molecule has 0 bridgehead atoms. The number of nitrogens with two attached hydrogens (primary N) is 1. The maximum Gasteiger partial charge on any atom is 0.223 e. The van der Waals surface area contributed by atoms with E-state index in [9.17, 15) is 0 Å². The first kappa shape index (κ1) is 18.2. The van der Waals surface area contributed by atoms with Crippen LogP contribution in [0.2, 0.25) is 5.15 Å². The number of aromatic nitrogens is 4. The van der Waals surface area contributed by atoms with E-state index < -0.39 is 0 Å². The summed E-state index contributed by atoms with van der Waals surface area (Å²) in [6, 6.07) is 0. The van der Waals surface area contributed by atoms with Crippen LogP contribution in [0.15, 0.2) is 12.4 Å². The van der Waals surface area contributed by atoms with Crippen molar-refractivity contribution in [2.45, 2.75) is 33.7 Å². The fourth-order valence-corrected chi connectivity index (χ4v) is 3.06. The van der Waals surface area contributed by atoms with Crippen molar-refractivity contribution < 1.29 is 5.11 Å². The quantitative estimate of drug-likeness (QED) is 0.547. The molecule has 0 fully saturated rings. The molecule has 3 aromatic rings. The third kappa shape index (κ3) is 3.36. The number of aliphatic hydroxyl groups is 1. The standard InChI is InChI=1S/C19H20ClN5O/c1-11-8-22-15(13(3)12(11)2)10-25-9-14(6-4-5-7-26)16-17(20)23-19(21)24-18(16)25/h8-9,26H,5,7,10H2,1-3H3,(H2,21,23,24). The lowest BCUT2D eigenvalue weighted by atomic mass is 10.0. The van der Waals surface area contributed by atoms with Gasteiger partial charge in [0.2, 0.25) is 5.95 Å². The Morgan fingerprint density at radius 1 is 1.23 bits per heavy atom. The Balaban J connectivity index is 2.15. The van der Waals surface area contributed by atoms with Crippen LogP contribution in [-0.2, 0) is 6.54 Å². The van der Waals surface area contributed by atoms with Gasteiger partial charge in [-0.1, -0.05) is 23.4 Å². The van der Waals surface area contributed by atoms with Gasteiger partial charge >= 0.3 is 0 Å². The van der Waals surface area contributed by atoms with Gasteiger partial charge in [0, 0.05) is 18.8 Å². The number of hydrogen-bond acceptors (Lipinski definition) is 5. The van der Waals surface area contributed by atoms with Crippen LogP contribution in [0.3, 0.4) is 0 Å². The van der Waals surface area contributed by atoms with Gasteiger partial charge in [0.15, 0.2) is 0 Å². The van der Waals surface area contributed by atoms with Gasteiger partial charge < -0.3 is 15.4 Å². The second-order valence-electron chi connectivity index (χ2n) is 6.16. The van der Waals surface area contributed by atoms with Gasteiger partial charge in [0.25, 0.3) is 0 Å². The molecule has 0 amide bonds. The zero-order valence-electron chi connectivity index (χ0n) is 15.0. The highest BCUT2D eigenvalue weighted by atomic mass is 35.5. The van der Waals surface area contributed by atoms with Crippen LogP contribution >= 0.6 is 11.6 Å². The Bertz CT molecular complexity index is 1050. The van der Waals surface area contributed by atoms with Crippen LogP contribution in [0, 0.1) is 32.6 Å². The molecule has 6 nitrogen and oxygen atoms in total. The molecule has 0 saturated carbocycles. The van der Waals surface area contributed by atoms with Crippen molar-refractivity contribution >= 4 is 28.6 Å². The maximum atomic E-state index is 8.94. The predicted octanol–water partition coefficient (Wildman–Crippen LogP) is 2.77. The monoisotopic (exact) mass is 369 g/mol. The fourth-order valence-electron chi connectivity index (χ4n) is 2.79. The molecule has 3 heterocycles. The molecule has 0 spiro atoms. The summed E-state index contributed by atoms with van der Waals surface area (Å²) in [5, 5.41) is 9.87. The first-order valence-corrected chi connectivity index (χ1v) is 8.63. The van der Waals surface area contributed by atoms with Gasteiger partial charge in [-0.15, -0.1) is 0 Å². The molecule has 0 radical (unpaired) electrons. The first-order chi connectivity index (χ1) is 12.4. The summed E-state index contributed by atoms with van der Waals surface area (Å²) in [5.41, 5.74) is 11.6. The summed E-state index contributed by atoms with van der Waals surface area (Å²) in [6.45, 7) is 6.74.